The van der Waals surface area contributed by atoms with Gasteiger partial charge in [0.1, 0.15) is 23.4 Å². The number of benzene rings is 1. The quantitative estimate of drug-likeness (QED) is 0.658. The molecule has 1 heterocycles. The number of rotatable bonds is 6. The standard InChI is InChI=1S/C14H14N6O/c1-21-10-4-2-9(3-5-10)8-18-13-14(20-13)19-12(7-16)11(17)6-15/h2-5,12-13,17-18H,8H2,1H3,(H,19,20). The van der Waals surface area contributed by atoms with E-state index >= 15 is 0 Å². The third-order valence-electron chi connectivity index (χ3n) is 2.95. The first-order chi connectivity index (χ1) is 10.2. The summed E-state index contributed by atoms with van der Waals surface area (Å²) in [7, 11) is 1.62. The van der Waals surface area contributed by atoms with Crippen molar-refractivity contribution in [2.45, 2.75) is 18.8 Å². The minimum Gasteiger partial charge on any atom is -0.497 e. The number of aliphatic imine (C=N–C) groups is 1. The number of nitriles is 2. The number of hydrogen-bond donors (Lipinski definition) is 3. The summed E-state index contributed by atoms with van der Waals surface area (Å²) in [5.41, 5.74) is 0.764. The van der Waals surface area contributed by atoms with Crippen molar-refractivity contribution in [3.8, 4) is 17.9 Å². The van der Waals surface area contributed by atoms with Gasteiger partial charge in [0.25, 0.3) is 0 Å². The molecule has 0 aromatic heterocycles. The molecule has 0 amide bonds. The van der Waals surface area contributed by atoms with E-state index < -0.39 is 6.04 Å². The molecule has 3 N–H and O–H groups in total. The lowest BCUT2D eigenvalue weighted by Gasteiger charge is -2.07. The van der Waals surface area contributed by atoms with Gasteiger partial charge in [-0.1, -0.05) is 12.1 Å². The number of methoxy groups -OCH3 is 1. The van der Waals surface area contributed by atoms with Gasteiger partial charge in [0.2, 0.25) is 0 Å². The van der Waals surface area contributed by atoms with E-state index in [-0.39, 0.29) is 11.9 Å². The monoisotopic (exact) mass is 282 g/mol. The first kappa shape index (κ1) is 14.5. The van der Waals surface area contributed by atoms with Crippen LogP contribution in [0.4, 0.5) is 0 Å². The van der Waals surface area contributed by atoms with Crippen LogP contribution < -0.4 is 15.4 Å². The van der Waals surface area contributed by atoms with E-state index in [1.165, 1.54) is 0 Å². The molecule has 2 unspecified atom stereocenters. The van der Waals surface area contributed by atoms with Crippen molar-refractivity contribution in [3.05, 3.63) is 29.8 Å². The molecule has 2 atom stereocenters. The fourth-order valence-electron chi connectivity index (χ4n) is 1.70. The summed E-state index contributed by atoms with van der Waals surface area (Å²) in [6.07, 6.45) is -0.186. The van der Waals surface area contributed by atoms with Crippen LogP contribution >= 0.6 is 0 Å². The summed E-state index contributed by atoms with van der Waals surface area (Å²) in [5, 5.41) is 30.7. The van der Waals surface area contributed by atoms with Gasteiger partial charge in [0, 0.05) is 6.54 Å². The number of nitrogens with one attached hydrogen (secondary N) is 3. The van der Waals surface area contributed by atoms with Crippen LogP contribution in [0.25, 0.3) is 0 Å². The highest BCUT2D eigenvalue weighted by molar-refractivity contribution is 6.07. The fraction of sp³-hybridized carbons (Fsp3) is 0.286. The highest BCUT2D eigenvalue weighted by Gasteiger charge is 2.30. The van der Waals surface area contributed by atoms with Crippen molar-refractivity contribution in [2.24, 2.45) is 4.99 Å². The topological polar surface area (TPSA) is 117 Å². The van der Waals surface area contributed by atoms with Crippen molar-refractivity contribution in [2.75, 3.05) is 7.11 Å². The lowest BCUT2D eigenvalue weighted by Crippen LogP contribution is -2.39. The zero-order chi connectivity index (χ0) is 15.2. The summed E-state index contributed by atoms with van der Waals surface area (Å²) >= 11 is 0. The van der Waals surface area contributed by atoms with Crippen LogP contribution in [-0.2, 0) is 6.54 Å². The predicted octanol–water partition coefficient (Wildman–Crippen LogP) is 0.548. The molecule has 0 saturated heterocycles. The van der Waals surface area contributed by atoms with Crippen molar-refractivity contribution < 1.29 is 4.74 Å². The maximum absolute atomic E-state index is 8.86. The van der Waals surface area contributed by atoms with Crippen LogP contribution in [0.5, 0.6) is 5.75 Å². The predicted molar refractivity (Wildman–Crippen MR) is 76.9 cm³/mol. The molecule has 0 radical (unpaired) electrons. The van der Waals surface area contributed by atoms with Crippen LogP contribution in [0.3, 0.4) is 0 Å². The first-order valence-electron chi connectivity index (χ1n) is 6.26. The van der Waals surface area contributed by atoms with Gasteiger partial charge in [-0.2, -0.15) is 10.5 Å². The molecule has 7 heteroatoms. The molecule has 1 aromatic carbocycles. The molecule has 2 rings (SSSR count). The van der Waals surface area contributed by atoms with E-state index in [4.69, 9.17) is 20.7 Å². The molecule has 0 bridgehead atoms. The SMILES string of the molecule is COc1ccc(CNC2N=C2NC(C#N)C(=N)C#N)cc1. The Labute approximate surface area is 122 Å². The minimum atomic E-state index is -0.943. The van der Waals surface area contributed by atoms with E-state index in [1.54, 1.807) is 13.2 Å². The Bertz CT molecular complexity index is 637. The number of amidine groups is 1. The Hall–Kier alpha value is -2.90. The summed E-state index contributed by atoms with van der Waals surface area (Å²) in [6, 6.07) is 10.2. The molecule has 0 fully saturated rings. The molecular formula is C14H14N6O. The van der Waals surface area contributed by atoms with Crippen LogP contribution in [0.2, 0.25) is 0 Å². The Kier molecular flexibility index (Phi) is 4.50. The third kappa shape index (κ3) is 3.78. The number of nitrogens with zero attached hydrogens (tertiary/aromatic N) is 3. The van der Waals surface area contributed by atoms with E-state index in [0.29, 0.717) is 12.4 Å². The summed E-state index contributed by atoms with van der Waals surface area (Å²) in [5.74, 6) is 1.39. The van der Waals surface area contributed by atoms with Gasteiger partial charge in [0.15, 0.2) is 12.2 Å². The van der Waals surface area contributed by atoms with Gasteiger partial charge >= 0.3 is 0 Å². The maximum atomic E-state index is 8.86. The van der Waals surface area contributed by atoms with E-state index in [1.807, 2.05) is 30.3 Å². The molecular weight excluding hydrogens is 268 g/mol. The van der Waals surface area contributed by atoms with E-state index in [2.05, 4.69) is 15.6 Å². The summed E-state index contributed by atoms with van der Waals surface area (Å²) in [6.45, 7) is 0.621. The van der Waals surface area contributed by atoms with Gasteiger partial charge in [-0.15, -0.1) is 0 Å². The largest absolute Gasteiger partial charge is 0.497 e. The highest BCUT2D eigenvalue weighted by atomic mass is 16.5. The van der Waals surface area contributed by atoms with E-state index in [0.717, 1.165) is 11.3 Å². The summed E-state index contributed by atoms with van der Waals surface area (Å²) in [4.78, 5) is 4.12. The molecule has 0 aliphatic carbocycles. The normalized spacial score (nSPS) is 16.9. The Morgan fingerprint density at radius 2 is 2.14 bits per heavy atom. The van der Waals surface area contributed by atoms with Gasteiger partial charge < -0.3 is 10.1 Å². The molecule has 21 heavy (non-hydrogen) atoms. The highest BCUT2D eigenvalue weighted by Crippen LogP contribution is 2.13. The number of hydrogen-bond acceptors (Lipinski definition) is 7. The maximum Gasteiger partial charge on any atom is 0.167 e. The first-order valence-corrected chi connectivity index (χ1v) is 6.26. The average molecular weight is 282 g/mol. The molecule has 1 aromatic rings. The second-order valence-corrected chi connectivity index (χ2v) is 4.38. The Morgan fingerprint density at radius 1 is 1.43 bits per heavy atom. The van der Waals surface area contributed by atoms with Gasteiger partial charge in [-0.05, 0) is 17.7 Å². The van der Waals surface area contributed by atoms with Crippen molar-refractivity contribution in [1.82, 2.24) is 10.6 Å². The lowest BCUT2D eigenvalue weighted by atomic mass is 10.2. The van der Waals surface area contributed by atoms with Gasteiger partial charge in [-0.3, -0.25) is 10.7 Å². The fourth-order valence-corrected chi connectivity index (χ4v) is 1.70. The molecule has 7 nitrogen and oxygen atoms in total. The lowest BCUT2D eigenvalue weighted by molar-refractivity contribution is 0.414. The zero-order valence-corrected chi connectivity index (χ0v) is 11.4. The van der Waals surface area contributed by atoms with Gasteiger partial charge in [-0.25, -0.2) is 4.99 Å². The second-order valence-electron chi connectivity index (χ2n) is 4.38. The van der Waals surface area contributed by atoms with Gasteiger partial charge in [0.05, 0.1) is 13.2 Å². The molecule has 0 saturated carbocycles. The Balaban J connectivity index is 1.76. The van der Waals surface area contributed by atoms with Crippen LogP contribution in [0.1, 0.15) is 5.56 Å². The molecule has 1 aliphatic heterocycles. The minimum absolute atomic E-state index is 0.186. The molecule has 1 aliphatic rings. The van der Waals surface area contributed by atoms with E-state index in [9.17, 15) is 0 Å². The van der Waals surface area contributed by atoms with Crippen LogP contribution in [-0.4, -0.2) is 30.9 Å². The molecule has 106 valence electrons. The average Bonchev–Trinajstić information content (AvgIpc) is 3.28. The van der Waals surface area contributed by atoms with Crippen molar-refractivity contribution in [3.63, 3.8) is 0 Å². The summed E-state index contributed by atoms with van der Waals surface area (Å²) < 4.78 is 5.08. The van der Waals surface area contributed by atoms with Crippen LogP contribution in [0.15, 0.2) is 29.3 Å². The smallest absolute Gasteiger partial charge is 0.167 e. The van der Waals surface area contributed by atoms with Crippen LogP contribution in [0, 0.1) is 28.1 Å². The Morgan fingerprint density at radius 3 is 2.71 bits per heavy atom. The van der Waals surface area contributed by atoms with Crippen molar-refractivity contribution in [1.29, 1.82) is 15.9 Å². The number of ether oxygens (including phenoxy) is 1. The zero-order valence-electron chi connectivity index (χ0n) is 11.4. The van der Waals surface area contributed by atoms with Crippen molar-refractivity contribution >= 4 is 11.5 Å². The molecule has 0 spiro atoms. The third-order valence-corrected chi connectivity index (χ3v) is 2.95. The second kappa shape index (κ2) is 6.51.